The third kappa shape index (κ3) is 3.77. The van der Waals surface area contributed by atoms with E-state index in [1.165, 1.54) is 31.6 Å². The van der Waals surface area contributed by atoms with E-state index in [-0.39, 0.29) is 12.1 Å². The van der Waals surface area contributed by atoms with Gasteiger partial charge in [-0.1, -0.05) is 12.1 Å². The largest absolute Gasteiger partial charge is 0.497 e. The van der Waals surface area contributed by atoms with Crippen molar-refractivity contribution in [3.05, 3.63) is 54.3 Å². The van der Waals surface area contributed by atoms with Crippen LogP contribution in [0, 0.1) is 0 Å². The number of para-hydroxylation sites is 1. The number of halogens is 2. The first-order valence-corrected chi connectivity index (χ1v) is 9.32. The van der Waals surface area contributed by atoms with Crippen molar-refractivity contribution in [2.45, 2.75) is 17.1 Å². The van der Waals surface area contributed by atoms with Crippen LogP contribution in [0.1, 0.15) is 5.56 Å². The first-order chi connectivity index (χ1) is 12.8. The summed E-state index contributed by atoms with van der Waals surface area (Å²) in [6.07, 6.45) is 1.29. The van der Waals surface area contributed by atoms with E-state index < -0.39 is 26.4 Å². The molecule has 1 N–H and O–H groups in total. The van der Waals surface area contributed by atoms with Gasteiger partial charge < -0.3 is 14.5 Å². The van der Waals surface area contributed by atoms with Crippen molar-refractivity contribution in [3.63, 3.8) is 0 Å². The zero-order valence-electron chi connectivity index (χ0n) is 14.1. The number of carbonyl (C=O) groups is 1. The molecule has 0 bridgehead atoms. The molecule has 142 valence electrons. The number of alkyl halides is 2. The van der Waals surface area contributed by atoms with Gasteiger partial charge in [-0.2, -0.15) is 8.78 Å². The van der Waals surface area contributed by atoms with E-state index in [4.69, 9.17) is 9.15 Å². The fraction of sp³-hybridized carbons (Fsp3) is 0.167. The standard InChI is InChI=1S/C18H15F2NO5S/c1-25-12-6-7-13-11(10-26-15(13)9-12)8-17(22)21-14-4-2-3-5-16(14)27(23,24)18(19)20/h2-7,9-10,18H,8H2,1H3,(H,21,22). The lowest BCUT2D eigenvalue weighted by molar-refractivity contribution is -0.115. The van der Waals surface area contributed by atoms with E-state index >= 15 is 0 Å². The molecule has 1 aromatic heterocycles. The topological polar surface area (TPSA) is 85.6 Å². The summed E-state index contributed by atoms with van der Waals surface area (Å²) >= 11 is 0. The van der Waals surface area contributed by atoms with Gasteiger partial charge in [-0.25, -0.2) is 8.42 Å². The zero-order valence-corrected chi connectivity index (χ0v) is 14.9. The third-order valence-electron chi connectivity index (χ3n) is 3.92. The molecule has 0 radical (unpaired) electrons. The number of fused-ring (bicyclic) bond motifs is 1. The Morgan fingerprint density at radius 1 is 1.22 bits per heavy atom. The Labute approximate surface area is 153 Å². The van der Waals surface area contributed by atoms with Crippen molar-refractivity contribution >= 4 is 32.4 Å². The van der Waals surface area contributed by atoms with E-state index in [0.717, 1.165) is 6.07 Å². The predicted molar refractivity (Wildman–Crippen MR) is 94.7 cm³/mol. The van der Waals surface area contributed by atoms with Crippen molar-refractivity contribution < 1.29 is 31.1 Å². The second-order valence-corrected chi connectivity index (χ2v) is 7.54. The van der Waals surface area contributed by atoms with Gasteiger partial charge in [0.25, 0.3) is 0 Å². The Bertz CT molecular complexity index is 1090. The molecular weight excluding hydrogens is 380 g/mol. The lowest BCUT2D eigenvalue weighted by Gasteiger charge is -2.11. The number of rotatable bonds is 6. The first kappa shape index (κ1) is 18.8. The molecule has 6 nitrogen and oxygen atoms in total. The van der Waals surface area contributed by atoms with Gasteiger partial charge in [-0.3, -0.25) is 4.79 Å². The minimum Gasteiger partial charge on any atom is -0.497 e. The molecule has 0 atom stereocenters. The van der Waals surface area contributed by atoms with E-state index in [1.54, 1.807) is 18.2 Å². The predicted octanol–water partition coefficient (Wildman–Crippen LogP) is 3.62. The summed E-state index contributed by atoms with van der Waals surface area (Å²) in [4.78, 5) is 11.7. The molecule has 27 heavy (non-hydrogen) atoms. The molecule has 0 saturated heterocycles. The van der Waals surface area contributed by atoms with Crippen LogP contribution < -0.4 is 10.1 Å². The molecule has 3 rings (SSSR count). The smallest absolute Gasteiger partial charge is 0.341 e. The SMILES string of the molecule is COc1ccc2c(CC(=O)Nc3ccccc3S(=O)(=O)C(F)F)coc2c1. The summed E-state index contributed by atoms with van der Waals surface area (Å²) < 4.78 is 59.7. The summed E-state index contributed by atoms with van der Waals surface area (Å²) in [5.41, 5.74) is 0.898. The highest BCUT2D eigenvalue weighted by Crippen LogP contribution is 2.28. The molecule has 0 fully saturated rings. The van der Waals surface area contributed by atoms with Crippen LogP contribution in [0.5, 0.6) is 5.75 Å². The van der Waals surface area contributed by atoms with Gasteiger partial charge in [0.2, 0.25) is 15.7 Å². The fourth-order valence-electron chi connectivity index (χ4n) is 2.61. The zero-order chi connectivity index (χ0) is 19.6. The second-order valence-electron chi connectivity index (χ2n) is 5.65. The summed E-state index contributed by atoms with van der Waals surface area (Å²) in [5.74, 6) is -3.55. The van der Waals surface area contributed by atoms with Crippen LogP contribution in [0.15, 0.2) is 58.0 Å². The van der Waals surface area contributed by atoms with Crippen molar-refractivity contribution in [2.75, 3.05) is 12.4 Å². The van der Waals surface area contributed by atoms with Crippen LogP contribution in [-0.2, 0) is 21.1 Å². The van der Waals surface area contributed by atoms with E-state index in [0.29, 0.717) is 22.3 Å². The maximum Gasteiger partial charge on any atom is 0.341 e. The Hall–Kier alpha value is -2.94. The highest BCUT2D eigenvalue weighted by molar-refractivity contribution is 7.91. The highest BCUT2D eigenvalue weighted by atomic mass is 32.2. The normalized spacial score (nSPS) is 11.7. The van der Waals surface area contributed by atoms with Crippen LogP contribution in [0.3, 0.4) is 0 Å². The fourth-order valence-corrected chi connectivity index (χ4v) is 3.49. The van der Waals surface area contributed by atoms with E-state index in [1.807, 2.05) is 0 Å². The number of ether oxygens (including phenoxy) is 1. The number of furan rings is 1. The average Bonchev–Trinajstić information content (AvgIpc) is 3.03. The lowest BCUT2D eigenvalue weighted by Crippen LogP contribution is -2.19. The molecule has 0 aliphatic rings. The van der Waals surface area contributed by atoms with Gasteiger partial charge in [0.15, 0.2) is 0 Å². The molecule has 0 unspecified atom stereocenters. The molecule has 1 amide bonds. The summed E-state index contributed by atoms with van der Waals surface area (Å²) in [5, 5.41) is 3.07. The van der Waals surface area contributed by atoms with Gasteiger partial charge in [0, 0.05) is 17.0 Å². The summed E-state index contributed by atoms with van der Waals surface area (Å²) in [6.45, 7) is 0. The molecule has 0 spiro atoms. The number of nitrogens with one attached hydrogen (secondary N) is 1. The maximum atomic E-state index is 12.8. The Morgan fingerprint density at radius 2 is 1.96 bits per heavy atom. The number of anilines is 1. The van der Waals surface area contributed by atoms with Crippen LogP contribution in [0.25, 0.3) is 11.0 Å². The number of methoxy groups -OCH3 is 1. The van der Waals surface area contributed by atoms with Gasteiger partial charge >= 0.3 is 5.76 Å². The molecular formula is C18H15F2NO5S. The number of hydrogen-bond acceptors (Lipinski definition) is 5. The van der Waals surface area contributed by atoms with Gasteiger partial charge in [-0.05, 0) is 24.3 Å². The Balaban J connectivity index is 1.84. The van der Waals surface area contributed by atoms with Gasteiger partial charge in [-0.15, -0.1) is 0 Å². The van der Waals surface area contributed by atoms with Crippen molar-refractivity contribution in [3.8, 4) is 5.75 Å². The van der Waals surface area contributed by atoms with Crippen LogP contribution in [0.4, 0.5) is 14.5 Å². The first-order valence-electron chi connectivity index (χ1n) is 7.78. The number of hydrogen-bond donors (Lipinski definition) is 1. The summed E-state index contributed by atoms with van der Waals surface area (Å²) in [6, 6.07) is 10.1. The quantitative estimate of drug-likeness (QED) is 0.689. The van der Waals surface area contributed by atoms with Crippen LogP contribution >= 0.6 is 0 Å². The molecule has 1 heterocycles. The molecule has 2 aromatic carbocycles. The lowest BCUT2D eigenvalue weighted by atomic mass is 10.1. The van der Waals surface area contributed by atoms with Gasteiger partial charge in [0.1, 0.15) is 11.3 Å². The molecule has 9 heteroatoms. The summed E-state index contributed by atoms with van der Waals surface area (Å²) in [7, 11) is -3.32. The Kier molecular flexibility index (Phi) is 5.13. The molecule has 0 aliphatic heterocycles. The number of benzene rings is 2. The van der Waals surface area contributed by atoms with Crippen LogP contribution in [0.2, 0.25) is 0 Å². The average molecular weight is 395 g/mol. The van der Waals surface area contributed by atoms with Gasteiger partial charge in [0.05, 0.1) is 30.4 Å². The number of sulfone groups is 1. The maximum absolute atomic E-state index is 12.8. The van der Waals surface area contributed by atoms with E-state index in [9.17, 15) is 22.0 Å². The number of amides is 1. The monoisotopic (exact) mass is 395 g/mol. The van der Waals surface area contributed by atoms with E-state index in [2.05, 4.69) is 5.32 Å². The van der Waals surface area contributed by atoms with Crippen molar-refractivity contribution in [1.29, 1.82) is 0 Å². The van der Waals surface area contributed by atoms with Crippen LogP contribution in [-0.4, -0.2) is 27.2 Å². The van der Waals surface area contributed by atoms with Crippen molar-refractivity contribution in [2.24, 2.45) is 0 Å². The molecule has 0 aliphatic carbocycles. The molecule has 3 aromatic rings. The minimum absolute atomic E-state index is 0.123. The minimum atomic E-state index is -4.84. The second kappa shape index (κ2) is 7.36. The Morgan fingerprint density at radius 3 is 2.67 bits per heavy atom. The number of carbonyl (C=O) groups excluding carboxylic acids is 1. The molecule has 0 saturated carbocycles. The van der Waals surface area contributed by atoms with Crippen molar-refractivity contribution in [1.82, 2.24) is 0 Å². The third-order valence-corrected chi connectivity index (χ3v) is 5.35. The highest BCUT2D eigenvalue weighted by Gasteiger charge is 2.29.